The number of oxazole rings is 1. The van der Waals surface area contributed by atoms with Crippen molar-refractivity contribution < 1.29 is 13.6 Å². The first-order chi connectivity index (χ1) is 17.8. The van der Waals surface area contributed by atoms with Crippen LogP contribution in [-0.4, -0.2) is 16.0 Å². The normalized spacial score (nSPS) is 11.2. The Hall–Kier alpha value is -3.65. The van der Waals surface area contributed by atoms with E-state index in [1.54, 1.807) is 30.3 Å². The number of nitrogens with one attached hydrogen (secondary N) is 2. The zero-order valence-electron chi connectivity index (χ0n) is 19.8. The maximum absolute atomic E-state index is 12.6. The van der Waals surface area contributed by atoms with Crippen LogP contribution in [0.5, 0.6) is 0 Å². The van der Waals surface area contributed by atoms with Crippen LogP contribution in [-0.2, 0) is 0 Å². The van der Waals surface area contributed by atoms with Crippen molar-refractivity contribution in [2.24, 2.45) is 0 Å². The lowest BCUT2D eigenvalue weighted by Crippen LogP contribution is -2.33. The Morgan fingerprint density at radius 2 is 1.76 bits per heavy atom. The third-order valence-corrected chi connectivity index (χ3v) is 6.76. The summed E-state index contributed by atoms with van der Waals surface area (Å²) in [5.74, 6) is 0.960. The fraction of sp³-hybridized carbons (Fsp3) is 0.107. The summed E-state index contributed by atoms with van der Waals surface area (Å²) in [4.78, 5) is 17.2. The van der Waals surface area contributed by atoms with E-state index in [2.05, 4.69) is 41.6 Å². The van der Waals surface area contributed by atoms with Crippen LogP contribution in [0.4, 0.5) is 5.69 Å². The smallest absolute Gasteiger partial charge is 0.293 e. The fourth-order valence-electron chi connectivity index (χ4n) is 3.75. The summed E-state index contributed by atoms with van der Waals surface area (Å²) in [6, 6.07) is 21.8. The number of fused-ring (bicyclic) bond motifs is 1. The van der Waals surface area contributed by atoms with Gasteiger partial charge in [-0.15, -0.1) is 0 Å². The number of amides is 1. The van der Waals surface area contributed by atoms with Crippen LogP contribution in [0.25, 0.3) is 33.9 Å². The molecule has 9 heteroatoms. The van der Waals surface area contributed by atoms with Gasteiger partial charge < -0.3 is 14.2 Å². The first-order valence-corrected chi connectivity index (χ1v) is 12.6. The lowest BCUT2D eigenvalue weighted by Gasteiger charge is -2.09. The van der Waals surface area contributed by atoms with Gasteiger partial charge in [-0.2, -0.15) is 0 Å². The highest BCUT2D eigenvalue weighted by molar-refractivity contribution is 7.80. The number of nitrogens with zero attached hydrogens (tertiary/aromatic N) is 1. The second kappa shape index (κ2) is 10.4. The van der Waals surface area contributed by atoms with Crippen molar-refractivity contribution in [1.82, 2.24) is 10.3 Å². The molecule has 0 aliphatic heterocycles. The molecule has 0 spiro atoms. The molecule has 2 N–H and O–H groups in total. The minimum Gasteiger partial charge on any atom is -0.451 e. The SMILES string of the molecule is CC(C)c1ccc2oc(-c3ccc(NC(=S)NC(=O)c4ccc(-c5cccc(Cl)c5Cl)o4)cc3)nc2c1. The lowest BCUT2D eigenvalue weighted by atomic mass is 10.0. The molecule has 0 bridgehead atoms. The average molecular weight is 550 g/mol. The van der Waals surface area contributed by atoms with Crippen LogP contribution >= 0.6 is 35.4 Å². The summed E-state index contributed by atoms with van der Waals surface area (Å²) in [5.41, 5.74) is 4.88. The first kappa shape index (κ1) is 25.0. The Morgan fingerprint density at radius 3 is 2.51 bits per heavy atom. The molecule has 0 atom stereocenters. The maximum Gasteiger partial charge on any atom is 0.293 e. The second-order valence-electron chi connectivity index (χ2n) is 8.65. The van der Waals surface area contributed by atoms with Gasteiger partial charge in [0, 0.05) is 16.8 Å². The number of carbonyl (C=O) groups excluding carboxylic acids is 1. The van der Waals surface area contributed by atoms with Gasteiger partial charge in [0.2, 0.25) is 5.89 Å². The van der Waals surface area contributed by atoms with Crippen molar-refractivity contribution in [3.8, 4) is 22.8 Å². The van der Waals surface area contributed by atoms with Gasteiger partial charge in [0.1, 0.15) is 11.3 Å². The molecule has 3 aromatic carbocycles. The topological polar surface area (TPSA) is 80.3 Å². The summed E-state index contributed by atoms with van der Waals surface area (Å²) in [5, 5.41) is 6.48. The highest BCUT2D eigenvalue weighted by Gasteiger charge is 2.16. The predicted octanol–water partition coefficient (Wildman–Crippen LogP) is 8.31. The van der Waals surface area contributed by atoms with Crippen LogP contribution in [0.1, 0.15) is 35.9 Å². The van der Waals surface area contributed by atoms with E-state index >= 15 is 0 Å². The Kier molecular flexibility index (Phi) is 7.02. The molecule has 0 fully saturated rings. The summed E-state index contributed by atoms with van der Waals surface area (Å²) < 4.78 is 11.6. The quantitative estimate of drug-likeness (QED) is 0.214. The number of hydrogen-bond acceptors (Lipinski definition) is 5. The number of benzene rings is 3. The van der Waals surface area contributed by atoms with Crippen LogP contribution < -0.4 is 10.6 Å². The Morgan fingerprint density at radius 1 is 0.973 bits per heavy atom. The highest BCUT2D eigenvalue weighted by Crippen LogP contribution is 2.34. The molecule has 0 saturated heterocycles. The van der Waals surface area contributed by atoms with E-state index in [0.29, 0.717) is 38.9 Å². The number of carbonyl (C=O) groups is 1. The zero-order chi connectivity index (χ0) is 26.1. The molecule has 1 amide bonds. The Labute approximate surface area is 228 Å². The average Bonchev–Trinajstić information content (AvgIpc) is 3.53. The second-order valence-corrected chi connectivity index (χ2v) is 9.85. The van der Waals surface area contributed by atoms with Crippen molar-refractivity contribution in [3.63, 3.8) is 0 Å². The number of hydrogen-bond donors (Lipinski definition) is 2. The van der Waals surface area contributed by atoms with Crippen molar-refractivity contribution in [3.05, 3.63) is 94.2 Å². The van der Waals surface area contributed by atoms with Gasteiger partial charge in [-0.1, -0.05) is 49.2 Å². The summed E-state index contributed by atoms with van der Waals surface area (Å²) in [6.07, 6.45) is 0. The summed E-state index contributed by atoms with van der Waals surface area (Å²) in [6.45, 7) is 4.29. The maximum atomic E-state index is 12.6. The van der Waals surface area contributed by atoms with Gasteiger partial charge >= 0.3 is 0 Å². The van der Waals surface area contributed by atoms with E-state index in [4.69, 9.17) is 44.3 Å². The van der Waals surface area contributed by atoms with Crippen LogP contribution in [0, 0.1) is 0 Å². The minimum absolute atomic E-state index is 0.0853. The first-order valence-electron chi connectivity index (χ1n) is 11.5. The molecule has 0 unspecified atom stereocenters. The molecule has 2 heterocycles. The molecule has 0 aliphatic carbocycles. The molecular formula is C28H21Cl2N3O3S. The van der Waals surface area contributed by atoms with Crippen molar-refractivity contribution in [1.29, 1.82) is 0 Å². The number of rotatable bonds is 5. The largest absolute Gasteiger partial charge is 0.451 e. The lowest BCUT2D eigenvalue weighted by molar-refractivity contribution is 0.0951. The number of thiocarbonyl (C=S) groups is 1. The molecule has 186 valence electrons. The number of furan rings is 1. The fourth-order valence-corrected chi connectivity index (χ4v) is 4.35. The molecule has 2 aromatic heterocycles. The van der Waals surface area contributed by atoms with Crippen molar-refractivity contribution >= 4 is 63.2 Å². The summed E-state index contributed by atoms with van der Waals surface area (Å²) >= 11 is 17.6. The molecule has 37 heavy (non-hydrogen) atoms. The molecule has 5 aromatic rings. The Bertz CT molecular complexity index is 1620. The molecular weight excluding hydrogens is 529 g/mol. The third-order valence-electron chi connectivity index (χ3n) is 5.74. The standard InChI is InChI=1S/C28H21Cl2N3O3S/c1-15(2)17-8-11-23-21(14-17)32-27(36-23)16-6-9-18(10-7-16)31-28(37)33-26(34)24-13-12-22(35-24)19-4-3-5-20(29)25(19)30/h3-15H,1-2H3,(H2,31,33,34,37). The van der Waals surface area contributed by atoms with Crippen LogP contribution in [0.3, 0.4) is 0 Å². The van der Waals surface area contributed by atoms with Crippen molar-refractivity contribution in [2.75, 3.05) is 5.32 Å². The van der Waals surface area contributed by atoms with E-state index in [1.165, 1.54) is 5.56 Å². The van der Waals surface area contributed by atoms with E-state index in [-0.39, 0.29) is 10.9 Å². The van der Waals surface area contributed by atoms with E-state index in [0.717, 1.165) is 16.7 Å². The van der Waals surface area contributed by atoms with Gasteiger partial charge in [-0.3, -0.25) is 10.1 Å². The molecule has 6 nitrogen and oxygen atoms in total. The molecule has 0 aliphatic rings. The molecule has 0 saturated carbocycles. The monoisotopic (exact) mass is 549 g/mol. The van der Waals surface area contributed by atoms with E-state index < -0.39 is 5.91 Å². The van der Waals surface area contributed by atoms with E-state index in [1.807, 2.05) is 30.3 Å². The third kappa shape index (κ3) is 5.39. The van der Waals surface area contributed by atoms with Crippen LogP contribution in [0.15, 0.2) is 81.6 Å². The van der Waals surface area contributed by atoms with Crippen molar-refractivity contribution in [2.45, 2.75) is 19.8 Å². The molecule has 0 radical (unpaired) electrons. The van der Waals surface area contributed by atoms with E-state index in [9.17, 15) is 4.79 Å². The Balaban J connectivity index is 1.23. The van der Waals surface area contributed by atoms with Gasteiger partial charge in [-0.25, -0.2) is 4.98 Å². The molecule has 5 rings (SSSR count). The number of anilines is 1. The predicted molar refractivity (Wildman–Crippen MR) is 151 cm³/mol. The van der Waals surface area contributed by atoms with Gasteiger partial charge in [0.15, 0.2) is 16.5 Å². The number of aromatic nitrogens is 1. The van der Waals surface area contributed by atoms with Crippen LogP contribution in [0.2, 0.25) is 10.0 Å². The minimum atomic E-state index is -0.495. The summed E-state index contributed by atoms with van der Waals surface area (Å²) in [7, 11) is 0. The highest BCUT2D eigenvalue weighted by atomic mass is 35.5. The number of halogens is 2. The zero-order valence-corrected chi connectivity index (χ0v) is 22.2. The van der Waals surface area contributed by atoms with Gasteiger partial charge in [-0.05, 0) is 84.4 Å². The van der Waals surface area contributed by atoms with Gasteiger partial charge in [0.25, 0.3) is 5.91 Å². The van der Waals surface area contributed by atoms with Gasteiger partial charge in [0.05, 0.1) is 10.0 Å².